The third-order valence-electron chi connectivity index (χ3n) is 6.53. The topological polar surface area (TPSA) is 117 Å². The minimum Gasteiger partial charge on any atom is -0.507 e. The number of quaternary nitrogens is 1. The number of fused-ring (bicyclic) bond motifs is 1. The van der Waals surface area contributed by atoms with Gasteiger partial charge in [-0.2, -0.15) is 5.10 Å². The maximum absolute atomic E-state index is 13.6. The van der Waals surface area contributed by atoms with E-state index < -0.39 is 17.7 Å². The van der Waals surface area contributed by atoms with E-state index in [9.17, 15) is 19.5 Å². The Kier molecular flexibility index (Phi) is 9.77. The number of aliphatic hydroxyl groups excluding tert-OH is 1. The molecule has 0 bridgehead atoms. The second-order valence-electron chi connectivity index (χ2n) is 11.0. The number of ketones is 1. The number of hydrogen-bond acceptors (Lipinski definition) is 6. The van der Waals surface area contributed by atoms with Crippen molar-refractivity contribution in [2.75, 3.05) is 39.6 Å². The highest BCUT2D eigenvalue weighted by Crippen LogP contribution is 2.39. The van der Waals surface area contributed by atoms with E-state index in [1.54, 1.807) is 42.5 Å². The Morgan fingerprint density at radius 2 is 1.71 bits per heavy atom. The van der Waals surface area contributed by atoms with E-state index in [0.717, 1.165) is 5.56 Å². The number of hydrazone groups is 1. The van der Waals surface area contributed by atoms with Crippen LogP contribution in [0.4, 0.5) is 5.69 Å². The van der Waals surface area contributed by atoms with Gasteiger partial charge in [-0.05, 0) is 35.9 Å². The zero-order valence-corrected chi connectivity index (χ0v) is 24.5. The van der Waals surface area contributed by atoms with Gasteiger partial charge in [0.1, 0.15) is 29.6 Å². The average Bonchev–Trinajstić information content (AvgIpc) is 2.94. The fraction of sp³-hybridized carbons (Fsp3) is 0.250. The smallest absolute Gasteiger partial charge is 0.295 e. The number of para-hydroxylation sites is 1. The second-order valence-corrected chi connectivity index (χ2v) is 11.5. The summed E-state index contributed by atoms with van der Waals surface area (Å²) in [6.07, 6.45) is -0.392. The quantitative estimate of drug-likeness (QED) is 0.166. The first-order chi connectivity index (χ1) is 20.0. The lowest BCUT2D eigenvalue weighted by molar-refractivity contribution is -0.862. The highest BCUT2D eigenvalue weighted by atomic mass is 35.5. The normalized spacial score (nSPS) is 14.0. The maximum atomic E-state index is 13.6. The molecule has 4 rings (SSSR count). The molecule has 1 atom stereocenters. The number of carbonyl (C=O) groups is 3. The van der Waals surface area contributed by atoms with Gasteiger partial charge < -0.3 is 19.6 Å². The Morgan fingerprint density at radius 3 is 2.43 bits per heavy atom. The van der Waals surface area contributed by atoms with E-state index in [-0.39, 0.29) is 43.2 Å². The Morgan fingerprint density at radius 1 is 1.00 bits per heavy atom. The minimum absolute atomic E-state index is 0.0365. The number of halogens is 1. The predicted octanol–water partition coefficient (Wildman–Crippen LogP) is 4.95. The van der Waals surface area contributed by atoms with Crippen LogP contribution in [0.2, 0.25) is 5.02 Å². The summed E-state index contributed by atoms with van der Waals surface area (Å²) in [5, 5.41) is 18.4. The number of aliphatic hydroxyl groups is 1. The molecule has 42 heavy (non-hydrogen) atoms. The van der Waals surface area contributed by atoms with Gasteiger partial charge in [-0.15, -0.1) is 0 Å². The molecule has 1 aliphatic heterocycles. The summed E-state index contributed by atoms with van der Waals surface area (Å²) in [4.78, 5) is 39.3. The lowest BCUT2D eigenvalue weighted by atomic mass is 9.83. The standard InChI is InChI=1S/C32H33ClN4O5/c1-37(2,3)19-30(39)36-35-28(32(41)34-23-13-9-12-22(33)16-23)18-24(38)17-26(21-10-5-4-6-11-21)27-20-42-29-15-8-7-14-25(29)31(27)40/h4-16,26H,17-20H2,1-3H3,(H2-,34,36,39,40,41)/p+1. The van der Waals surface area contributed by atoms with Crippen molar-refractivity contribution >= 4 is 46.4 Å². The molecule has 3 aromatic carbocycles. The number of ether oxygens (including phenoxy) is 1. The lowest BCUT2D eigenvalue weighted by Gasteiger charge is -2.27. The third kappa shape index (κ3) is 8.28. The Bertz CT molecular complexity index is 1530. The van der Waals surface area contributed by atoms with Crippen molar-refractivity contribution in [2.45, 2.75) is 18.8 Å². The van der Waals surface area contributed by atoms with Crippen molar-refractivity contribution in [1.82, 2.24) is 5.43 Å². The molecule has 0 spiro atoms. The van der Waals surface area contributed by atoms with E-state index in [1.807, 2.05) is 57.5 Å². The molecule has 3 N–H and O–H groups in total. The summed E-state index contributed by atoms with van der Waals surface area (Å²) >= 11 is 6.06. The number of rotatable bonds is 11. The van der Waals surface area contributed by atoms with Gasteiger partial charge in [0.05, 0.1) is 33.1 Å². The number of amides is 2. The molecular weight excluding hydrogens is 556 g/mol. The van der Waals surface area contributed by atoms with Crippen LogP contribution in [0.5, 0.6) is 5.75 Å². The zero-order chi connectivity index (χ0) is 30.3. The number of likely N-dealkylation sites (N-methyl/N-ethyl adjacent to an activating group) is 1. The van der Waals surface area contributed by atoms with Gasteiger partial charge in [-0.1, -0.05) is 60.1 Å². The fourth-order valence-corrected chi connectivity index (χ4v) is 4.79. The average molecular weight is 590 g/mol. The Hall–Kier alpha value is -4.47. The molecule has 1 heterocycles. The van der Waals surface area contributed by atoms with Crippen LogP contribution in [0.25, 0.3) is 5.76 Å². The molecule has 10 heteroatoms. The molecule has 3 aromatic rings. The first kappa shape index (κ1) is 30.5. The summed E-state index contributed by atoms with van der Waals surface area (Å²) in [7, 11) is 5.54. The van der Waals surface area contributed by atoms with Gasteiger partial charge in [0.2, 0.25) is 0 Å². The molecule has 0 saturated heterocycles. The number of hydrogen-bond donors (Lipinski definition) is 3. The predicted molar refractivity (Wildman–Crippen MR) is 163 cm³/mol. The summed E-state index contributed by atoms with van der Waals surface area (Å²) in [5.41, 5.74) is 4.60. The lowest BCUT2D eigenvalue weighted by Crippen LogP contribution is -2.43. The van der Waals surface area contributed by atoms with Crippen LogP contribution in [-0.4, -0.2) is 67.2 Å². The van der Waals surface area contributed by atoms with E-state index in [4.69, 9.17) is 16.3 Å². The maximum Gasteiger partial charge on any atom is 0.295 e. The molecule has 2 amide bonds. The summed E-state index contributed by atoms with van der Waals surface area (Å²) in [6.45, 7) is 0.221. The second kappa shape index (κ2) is 13.5. The molecule has 0 saturated carbocycles. The third-order valence-corrected chi connectivity index (χ3v) is 6.76. The van der Waals surface area contributed by atoms with Gasteiger partial charge in [-0.25, -0.2) is 5.43 Å². The van der Waals surface area contributed by atoms with Gasteiger partial charge in [0.25, 0.3) is 11.8 Å². The Balaban J connectivity index is 1.60. The molecule has 218 valence electrons. The number of nitrogens with one attached hydrogen (secondary N) is 2. The van der Waals surface area contributed by atoms with Crippen molar-refractivity contribution < 1.29 is 28.7 Å². The molecule has 1 aliphatic rings. The van der Waals surface area contributed by atoms with E-state index >= 15 is 0 Å². The van der Waals surface area contributed by atoms with Crippen LogP contribution in [0.1, 0.15) is 29.9 Å². The molecule has 0 radical (unpaired) electrons. The SMILES string of the molecule is C[N+](C)(C)CC(=O)NN=C(CC(=O)CC(C1=C(O)c2ccccc2OC1)c1ccccc1)C(=O)Nc1cccc(Cl)c1. The van der Waals surface area contributed by atoms with Crippen LogP contribution in [-0.2, 0) is 14.4 Å². The largest absolute Gasteiger partial charge is 0.507 e. The summed E-state index contributed by atoms with van der Waals surface area (Å²) in [6, 6.07) is 23.1. The fourth-order valence-electron chi connectivity index (χ4n) is 4.60. The highest BCUT2D eigenvalue weighted by molar-refractivity contribution is 6.45. The molecule has 0 aromatic heterocycles. The summed E-state index contributed by atoms with van der Waals surface area (Å²) in [5.74, 6) is -1.25. The first-order valence-corrected chi connectivity index (χ1v) is 13.8. The van der Waals surface area contributed by atoms with Crippen LogP contribution in [0, 0.1) is 0 Å². The van der Waals surface area contributed by atoms with Gasteiger partial charge >= 0.3 is 0 Å². The Labute approximate surface area is 250 Å². The van der Waals surface area contributed by atoms with Crippen molar-refractivity contribution in [3.05, 3.63) is 101 Å². The van der Waals surface area contributed by atoms with Crippen molar-refractivity contribution in [3.8, 4) is 5.75 Å². The van der Waals surface area contributed by atoms with Crippen LogP contribution in [0.15, 0.2) is 89.5 Å². The van der Waals surface area contributed by atoms with Crippen LogP contribution >= 0.6 is 11.6 Å². The van der Waals surface area contributed by atoms with E-state index in [1.165, 1.54) is 0 Å². The van der Waals surface area contributed by atoms with Crippen molar-refractivity contribution in [2.24, 2.45) is 5.10 Å². The summed E-state index contributed by atoms with van der Waals surface area (Å²) < 4.78 is 6.27. The molecule has 1 unspecified atom stereocenters. The number of benzene rings is 3. The van der Waals surface area contributed by atoms with E-state index in [2.05, 4.69) is 15.8 Å². The molecule has 0 aliphatic carbocycles. The molecular formula is C32H34ClN4O5+. The monoisotopic (exact) mass is 589 g/mol. The van der Waals surface area contributed by atoms with E-state index in [0.29, 0.717) is 32.1 Å². The zero-order valence-electron chi connectivity index (χ0n) is 23.8. The number of anilines is 1. The molecule has 9 nitrogen and oxygen atoms in total. The number of carbonyl (C=O) groups excluding carboxylic acids is 3. The molecule has 0 fully saturated rings. The van der Waals surface area contributed by atoms with Gasteiger partial charge in [-0.3, -0.25) is 14.4 Å². The number of Topliss-reactive ketones (excluding diaryl/α,β-unsaturated/α-hetero) is 1. The minimum atomic E-state index is -0.649. The van der Waals surface area contributed by atoms with Gasteiger partial charge in [0, 0.05) is 28.6 Å². The van der Waals surface area contributed by atoms with Crippen LogP contribution in [0.3, 0.4) is 0 Å². The van der Waals surface area contributed by atoms with Crippen molar-refractivity contribution in [1.29, 1.82) is 0 Å². The first-order valence-electron chi connectivity index (χ1n) is 13.4. The van der Waals surface area contributed by atoms with Crippen LogP contribution < -0.4 is 15.5 Å². The van der Waals surface area contributed by atoms with Gasteiger partial charge in [0.15, 0.2) is 6.54 Å². The number of nitrogens with zero attached hydrogens (tertiary/aromatic N) is 2. The highest BCUT2D eigenvalue weighted by Gasteiger charge is 2.30. The van der Waals surface area contributed by atoms with Crippen molar-refractivity contribution in [3.63, 3.8) is 0 Å².